The van der Waals surface area contributed by atoms with Crippen LogP contribution in [0.25, 0.3) is 6.08 Å². The Morgan fingerprint density at radius 3 is 1.84 bits per heavy atom. The number of oxime groups is 1. The van der Waals surface area contributed by atoms with E-state index >= 15 is 0 Å². The second kappa shape index (κ2) is 13.2. The molecule has 0 fully saturated rings. The highest BCUT2D eigenvalue weighted by atomic mass is 16.7. The molecule has 0 radical (unpaired) electrons. The third-order valence-corrected chi connectivity index (χ3v) is 5.37. The summed E-state index contributed by atoms with van der Waals surface area (Å²) in [5.41, 5.74) is 4.09. The molecule has 4 aromatic carbocycles. The van der Waals surface area contributed by atoms with Gasteiger partial charge in [-0.05, 0) is 72.2 Å². The van der Waals surface area contributed by atoms with Crippen molar-refractivity contribution >= 4 is 41.4 Å². The Morgan fingerprint density at radius 2 is 1.32 bits per heavy atom. The molecule has 0 saturated carbocycles. The number of aldehydes is 1. The number of hydrogen-bond donors (Lipinski definition) is 1. The quantitative estimate of drug-likeness (QED) is 0.0536. The summed E-state index contributed by atoms with van der Waals surface area (Å²) in [5, 5.41) is 6.60. The molecule has 0 atom stereocenters. The lowest BCUT2D eigenvalue weighted by atomic mass is 10.1. The van der Waals surface area contributed by atoms with Crippen molar-refractivity contribution in [3.63, 3.8) is 0 Å². The van der Waals surface area contributed by atoms with Crippen molar-refractivity contribution in [2.45, 2.75) is 6.92 Å². The number of hydrogen-bond acceptors (Lipinski definition) is 6. The van der Waals surface area contributed by atoms with E-state index in [-0.39, 0.29) is 11.8 Å². The molecule has 0 aliphatic rings. The van der Waals surface area contributed by atoms with Gasteiger partial charge in [0.1, 0.15) is 0 Å². The van der Waals surface area contributed by atoms with Gasteiger partial charge in [-0.15, -0.1) is 0 Å². The van der Waals surface area contributed by atoms with E-state index in [0.717, 1.165) is 22.6 Å². The molecule has 0 spiro atoms. The zero-order chi connectivity index (χ0) is 26.6. The van der Waals surface area contributed by atoms with Gasteiger partial charge >= 0.3 is 12.0 Å². The van der Waals surface area contributed by atoms with Gasteiger partial charge in [0.15, 0.2) is 12.0 Å². The van der Waals surface area contributed by atoms with Crippen molar-refractivity contribution in [1.82, 2.24) is 5.32 Å². The topological polar surface area (TPSA) is 80.2 Å². The van der Waals surface area contributed by atoms with E-state index in [4.69, 9.17) is 9.57 Å². The number of nitrogens with zero attached hydrogens (tertiary/aromatic N) is 2. The molecule has 0 saturated heterocycles. The smallest absolute Gasteiger partial charge is 0.365 e. The van der Waals surface area contributed by atoms with Crippen molar-refractivity contribution in [3.05, 3.63) is 132 Å². The van der Waals surface area contributed by atoms with Crippen molar-refractivity contribution in [3.8, 4) is 0 Å². The highest BCUT2D eigenvalue weighted by molar-refractivity contribution is 5.90. The van der Waals surface area contributed by atoms with Gasteiger partial charge in [0.05, 0.1) is 5.56 Å². The van der Waals surface area contributed by atoms with Gasteiger partial charge < -0.3 is 19.8 Å². The van der Waals surface area contributed by atoms with Crippen molar-refractivity contribution in [2.75, 3.05) is 11.4 Å². The summed E-state index contributed by atoms with van der Waals surface area (Å²) in [4.78, 5) is 31.1. The summed E-state index contributed by atoms with van der Waals surface area (Å²) in [6, 6.07) is 36.2. The van der Waals surface area contributed by atoms with E-state index in [1.54, 1.807) is 36.4 Å². The SMILES string of the molecule is CCNC(=NOC(=O)c1ccccc1)O/C(C=O)=C/c1ccc(N(c2ccccc2)c2ccccc2)cc1. The highest BCUT2D eigenvalue weighted by Crippen LogP contribution is 2.34. The molecule has 0 heterocycles. The van der Waals surface area contributed by atoms with E-state index < -0.39 is 5.97 Å². The Kier molecular flexibility index (Phi) is 9.02. The van der Waals surface area contributed by atoms with Crippen LogP contribution in [0.5, 0.6) is 0 Å². The predicted octanol–water partition coefficient (Wildman–Crippen LogP) is 6.45. The summed E-state index contributed by atoms with van der Waals surface area (Å²) in [7, 11) is 0. The Labute approximate surface area is 221 Å². The van der Waals surface area contributed by atoms with Gasteiger partial charge in [-0.3, -0.25) is 4.79 Å². The largest absolute Gasteiger partial charge is 0.420 e. The first kappa shape index (κ1) is 25.9. The maximum atomic E-state index is 12.2. The van der Waals surface area contributed by atoms with Gasteiger partial charge in [-0.1, -0.05) is 66.7 Å². The predicted molar refractivity (Wildman–Crippen MR) is 149 cm³/mol. The molecule has 0 aromatic heterocycles. The van der Waals surface area contributed by atoms with Crippen LogP contribution in [0.3, 0.4) is 0 Å². The van der Waals surface area contributed by atoms with Gasteiger partial charge in [0, 0.05) is 23.6 Å². The van der Waals surface area contributed by atoms with Crippen LogP contribution >= 0.6 is 0 Å². The summed E-state index contributed by atoms with van der Waals surface area (Å²) < 4.78 is 5.59. The second-order valence-electron chi connectivity index (χ2n) is 8.04. The first-order valence-electron chi connectivity index (χ1n) is 12.1. The molecule has 1 N–H and O–H groups in total. The number of amidine groups is 1. The van der Waals surface area contributed by atoms with Gasteiger partial charge in [-0.2, -0.15) is 0 Å². The minimum absolute atomic E-state index is 0.00353. The molecule has 4 rings (SSSR count). The molecule has 0 amide bonds. The zero-order valence-corrected chi connectivity index (χ0v) is 20.9. The number of carbonyl (C=O) groups excluding carboxylic acids is 2. The van der Waals surface area contributed by atoms with Crippen LogP contribution in [0, 0.1) is 0 Å². The molecule has 0 aliphatic heterocycles. The fourth-order valence-electron chi connectivity index (χ4n) is 3.63. The Morgan fingerprint density at radius 1 is 0.789 bits per heavy atom. The third-order valence-electron chi connectivity index (χ3n) is 5.37. The number of ether oxygens (including phenoxy) is 1. The van der Waals surface area contributed by atoms with Gasteiger partial charge in [0.25, 0.3) is 0 Å². The van der Waals surface area contributed by atoms with Crippen LogP contribution in [0.4, 0.5) is 17.1 Å². The summed E-state index contributed by atoms with van der Waals surface area (Å²) in [5.74, 6) is -0.644. The van der Waals surface area contributed by atoms with Crippen molar-refractivity contribution in [2.24, 2.45) is 5.16 Å². The number of anilines is 3. The summed E-state index contributed by atoms with van der Waals surface area (Å²) in [6.07, 6.45) is 2.15. The Bertz CT molecular complexity index is 1350. The number of carbonyl (C=O) groups is 2. The monoisotopic (exact) mass is 505 g/mol. The van der Waals surface area contributed by atoms with Crippen LogP contribution in [-0.4, -0.2) is 24.8 Å². The van der Waals surface area contributed by atoms with Crippen LogP contribution in [-0.2, 0) is 14.4 Å². The maximum Gasteiger partial charge on any atom is 0.365 e. The lowest BCUT2D eigenvalue weighted by Crippen LogP contribution is -2.26. The number of nitrogens with one attached hydrogen (secondary N) is 1. The number of rotatable bonds is 9. The van der Waals surface area contributed by atoms with Crippen molar-refractivity contribution in [1.29, 1.82) is 0 Å². The third kappa shape index (κ3) is 6.95. The second-order valence-corrected chi connectivity index (χ2v) is 8.04. The normalized spacial score (nSPS) is 11.4. The molecule has 0 aliphatic carbocycles. The average molecular weight is 506 g/mol. The molecule has 4 aromatic rings. The molecule has 0 bridgehead atoms. The molecular weight excluding hydrogens is 478 g/mol. The summed E-state index contributed by atoms with van der Waals surface area (Å²) >= 11 is 0. The molecule has 190 valence electrons. The number of para-hydroxylation sites is 2. The van der Waals surface area contributed by atoms with E-state index in [0.29, 0.717) is 18.4 Å². The number of allylic oxidation sites excluding steroid dienone is 1. The fraction of sp³-hybridized carbons (Fsp3) is 0.0645. The van der Waals surface area contributed by atoms with Crippen LogP contribution in [0.1, 0.15) is 22.8 Å². The Hall–Kier alpha value is -5.17. The lowest BCUT2D eigenvalue weighted by Gasteiger charge is -2.25. The van der Waals surface area contributed by atoms with Crippen LogP contribution in [0.2, 0.25) is 0 Å². The zero-order valence-electron chi connectivity index (χ0n) is 20.9. The van der Waals surface area contributed by atoms with Crippen LogP contribution < -0.4 is 10.2 Å². The van der Waals surface area contributed by atoms with E-state index in [9.17, 15) is 9.59 Å². The first-order chi connectivity index (χ1) is 18.7. The standard InChI is InChI=1S/C31H27N3O4/c1-2-32-31(33-38-30(36)25-12-6-3-7-13-25)37-29(23-35)22-24-18-20-28(21-19-24)34(26-14-8-4-9-15-26)27-16-10-5-11-17-27/h3-23H,2H2,1H3,(H,32,33)/b29-22+. The van der Waals surface area contributed by atoms with Crippen molar-refractivity contribution < 1.29 is 19.2 Å². The molecular formula is C31H27N3O4. The number of benzene rings is 4. The molecule has 0 unspecified atom stereocenters. The average Bonchev–Trinajstić information content (AvgIpc) is 2.98. The van der Waals surface area contributed by atoms with Crippen LogP contribution in [0.15, 0.2) is 126 Å². The van der Waals surface area contributed by atoms with E-state index in [1.807, 2.05) is 91.9 Å². The van der Waals surface area contributed by atoms with E-state index in [2.05, 4.69) is 15.4 Å². The Balaban J connectivity index is 1.53. The van der Waals surface area contributed by atoms with Gasteiger partial charge in [-0.25, -0.2) is 4.79 Å². The highest BCUT2D eigenvalue weighted by Gasteiger charge is 2.13. The minimum atomic E-state index is -0.641. The molecule has 38 heavy (non-hydrogen) atoms. The fourth-order valence-corrected chi connectivity index (χ4v) is 3.63. The molecule has 7 nitrogen and oxygen atoms in total. The molecule has 7 heteroatoms. The minimum Gasteiger partial charge on any atom is -0.420 e. The maximum absolute atomic E-state index is 12.2. The van der Waals surface area contributed by atoms with E-state index in [1.165, 1.54) is 0 Å². The summed E-state index contributed by atoms with van der Waals surface area (Å²) in [6.45, 7) is 2.27. The first-order valence-corrected chi connectivity index (χ1v) is 12.1. The lowest BCUT2D eigenvalue weighted by molar-refractivity contribution is -0.106. The van der Waals surface area contributed by atoms with Gasteiger partial charge in [0.2, 0.25) is 0 Å².